The molecule has 0 atom stereocenters. The lowest BCUT2D eigenvalue weighted by Crippen LogP contribution is -2.34. The Hall–Kier alpha value is -0.840. The summed E-state index contributed by atoms with van der Waals surface area (Å²) >= 11 is 0. The monoisotopic (exact) mass is 179 g/mol. The molecular weight excluding hydrogens is 162 g/mol. The van der Waals surface area contributed by atoms with Crippen LogP contribution in [0.5, 0.6) is 0 Å². The highest BCUT2D eigenvalue weighted by Gasteiger charge is 2.40. The van der Waals surface area contributed by atoms with E-state index in [0.29, 0.717) is 0 Å². The lowest BCUT2D eigenvalue weighted by Gasteiger charge is -2.30. The molecule has 0 saturated heterocycles. The minimum absolute atomic E-state index is 0.00208. The fraction of sp³-hybridized carbons (Fsp3) is 0.818. The van der Waals surface area contributed by atoms with E-state index in [-0.39, 0.29) is 11.7 Å². The van der Waals surface area contributed by atoms with Crippen molar-refractivity contribution in [3.8, 4) is 6.07 Å². The molecular formula is C11H17NO. The summed E-state index contributed by atoms with van der Waals surface area (Å²) in [5.41, 5.74) is -0.633. The minimum atomic E-state index is -0.633. The molecule has 0 amide bonds. The van der Waals surface area contributed by atoms with Crippen molar-refractivity contribution in [1.29, 1.82) is 5.26 Å². The largest absolute Gasteiger partial charge is 0.298 e. The van der Waals surface area contributed by atoms with Crippen molar-refractivity contribution in [3.05, 3.63) is 0 Å². The van der Waals surface area contributed by atoms with E-state index in [9.17, 15) is 4.79 Å². The zero-order valence-corrected chi connectivity index (χ0v) is 8.47. The Morgan fingerprint density at radius 2 is 1.85 bits per heavy atom. The van der Waals surface area contributed by atoms with E-state index >= 15 is 0 Å². The van der Waals surface area contributed by atoms with Crippen molar-refractivity contribution in [1.82, 2.24) is 0 Å². The van der Waals surface area contributed by atoms with E-state index in [0.717, 1.165) is 25.7 Å². The maximum Gasteiger partial charge on any atom is 0.155 e. The number of carbonyl (C=O) groups is 1. The molecule has 0 N–H and O–H groups in total. The zero-order chi connectivity index (χ0) is 9.90. The molecule has 0 bridgehead atoms. The average Bonchev–Trinajstić information content (AvgIpc) is 2.17. The second-order valence-corrected chi connectivity index (χ2v) is 4.27. The fourth-order valence-corrected chi connectivity index (χ4v) is 2.12. The first-order chi connectivity index (χ1) is 6.12. The molecule has 1 rings (SSSR count). The smallest absolute Gasteiger partial charge is 0.155 e. The maximum atomic E-state index is 11.8. The lowest BCUT2D eigenvalue weighted by molar-refractivity contribution is -0.130. The first-order valence-corrected chi connectivity index (χ1v) is 5.08. The van der Waals surface area contributed by atoms with Gasteiger partial charge in [-0.25, -0.2) is 0 Å². The molecule has 72 valence electrons. The molecule has 0 aromatic carbocycles. The van der Waals surface area contributed by atoms with Gasteiger partial charge in [-0.05, 0) is 12.8 Å². The second kappa shape index (κ2) is 3.91. The van der Waals surface area contributed by atoms with Gasteiger partial charge in [0.1, 0.15) is 5.41 Å². The molecule has 0 aromatic rings. The summed E-state index contributed by atoms with van der Waals surface area (Å²) in [5, 5.41) is 9.09. The Balaban J connectivity index is 2.80. The molecule has 2 nitrogen and oxygen atoms in total. The molecule has 0 unspecified atom stereocenters. The van der Waals surface area contributed by atoms with E-state index in [1.165, 1.54) is 6.42 Å². The third-order valence-corrected chi connectivity index (χ3v) is 2.92. The van der Waals surface area contributed by atoms with Crippen LogP contribution in [0.3, 0.4) is 0 Å². The van der Waals surface area contributed by atoms with E-state index in [1.54, 1.807) is 0 Å². The Labute approximate surface area is 79.9 Å². The topological polar surface area (TPSA) is 40.9 Å². The van der Waals surface area contributed by atoms with Crippen molar-refractivity contribution < 1.29 is 4.79 Å². The third kappa shape index (κ3) is 1.91. The number of Topliss-reactive ketones (excluding diaryl/α,β-unsaturated/α-hetero) is 1. The quantitative estimate of drug-likeness (QED) is 0.654. The van der Waals surface area contributed by atoms with Gasteiger partial charge in [-0.1, -0.05) is 33.1 Å². The van der Waals surface area contributed by atoms with Gasteiger partial charge in [-0.15, -0.1) is 0 Å². The second-order valence-electron chi connectivity index (χ2n) is 4.27. The van der Waals surface area contributed by atoms with Crippen LogP contribution in [0.15, 0.2) is 0 Å². The lowest BCUT2D eigenvalue weighted by atomic mass is 9.69. The fourth-order valence-electron chi connectivity index (χ4n) is 2.12. The number of hydrogen-bond donors (Lipinski definition) is 0. The summed E-state index contributed by atoms with van der Waals surface area (Å²) in [5.74, 6) is 0.146. The van der Waals surface area contributed by atoms with Gasteiger partial charge >= 0.3 is 0 Å². The van der Waals surface area contributed by atoms with Crippen LogP contribution in [-0.4, -0.2) is 5.78 Å². The summed E-state index contributed by atoms with van der Waals surface area (Å²) in [6, 6.07) is 2.25. The van der Waals surface area contributed by atoms with E-state index in [4.69, 9.17) is 5.26 Å². The van der Waals surface area contributed by atoms with Crippen molar-refractivity contribution >= 4 is 5.78 Å². The predicted octanol–water partition coefficient (Wildman–Crippen LogP) is 2.69. The number of hydrogen-bond acceptors (Lipinski definition) is 2. The Morgan fingerprint density at radius 3 is 2.23 bits per heavy atom. The van der Waals surface area contributed by atoms with Crippen molar-refractivity contribution in [2.24, 2.45) is 11.3 Å². The molecule has 1 saturated carbocycles. The van der Waals surface area contributed by atoms with Gasteiger partial charge in [0, 0.05) is 5.92 Å². The summed E-state index contributed by atoms with van der Waals surface area (Å²) < 4.78 is 0. The third-order valence-electron chi connectivity index (χ3n) is 2.92. The van der Waals surface area contributed by atoms with E-state index in [1.807, 2.05) is 13.8 Å². The molecule has 1 fully saturated rings. The van der Waals surface area contributed by atoms with Crippen LogP contribution in [0.2, 0.25) is 0 Å². The number of rotatable bonds is 2. The van der Waals surface area contributed by atoms with Crippen LogP contribution >= 0.6 is 0 Å². The standard InChI is InChI=1S/C11H17NO/c1-9(2)10(13)11(8-12)6-4-3-5-7-11/h9H,3-7H2,1-2H3. The predicted molar refractivity (Wildman–Crippen MR) is 51.0 cm³/mol. The highest BCUT2D eigenvalue weighted by atomic mass is 16.1. The molecule has 1 aliphatic carbocycles. The maximum absolute atomic E-state index is 11.8. The van der Waals surface area contributed by atoms with Gasteiger partial charge in [-0.2, -0.15) is 5.26 Å². The zero-order valence-electron chi connectivity index (χ0n) is 8.47. The molecule has 1 aliphatic rings. The first-order valence-electron chi connectivity index (χ1n) is 5.08. The minimum Gasteiger partial charge on any atom is -0.298 e. The summed E-state index contributed by atoms with van der Waals surface area (Å²) in [6.07, 6.45) is 4.80. The van der Waals surface area contributed by atoms with Crippen molar-refractivity contribution in [2.75, 3.05) is 0 Å². The molecule has 13 heavy (non-hydrogen) atoms. The van der Waals surface area contributed by atoms with Gasteiger partial charge in [0.05, 0.1) is 6.07 Å². The number of ketones is 1. The normalized spacial score (nSPS) is 21.1. The summed E-state index contributed by atoms with van der Waals surface area (Å²) in [4.78, 5) is 11.8. The van der Waals surface area contributed by atoms with Crippen LogP contribution in [-0.2, 0) is 4.79 Å². The number of carbonyl (C=O) groups excluding carboxylic acids is 1. The summed E-state index contributed by atoms with van der Waals surface area (Å²) in [7, 11) is 0. The first kappa shape index (κ1) is 10.2. The van der Waals surface area contributed by atoms with Gasteiger partial charge in [0.15, 0.2) is 5.78 Å². The highest BCUT2D eigenvalue weighted by Crippen LogP contribution is 2.38. The van der Waals surface area contributed by atoms with Gasteiger partial charge in [0.25, 0.3) is 0 Å². The average molecular weight is 179 g/mol. The van der Waals surface area contributed by atoms with Crippen LogP contribution in [0.25, 0.3) is 0 Å². The van der Waals surface area contributed by atoms with Gasteiger partial charge < -0.3 is 0 Å². The van der Waals surface area contributed by atoms with Crippen LogP contribution in [0, 0.1) is 22.7 Å². The molecule has 0 heterocycles. The number of nitrogens with zero attached hydrogens (tertiary/aromatic N) is 1. The van der Waals surface area contributed by atoms with Crippen LogP contribution < -0.4 is 0 Å². The van der Waals surface area contributed by atoms with Crippen molar-refractivity contribution in [3.63, 3.8) is 0 Å². The van der Waals surface area contributed by atoms with E-state index < -0.39 is 5.41 Å². The molecule has 0 spiro atoms. The highest BCUT2D eigenvalue weighted by molar-refractivity contribution is 5.89. The Morgan fingerprint density at radius 1 is 1.31 bits per heavy atom. The van der Waals surface area contributed by atoms with Crippen molar-refractivity contribution in [2.45, 2.75) is 46.0 Å². The number of nitriles is 1. The van der Waals surface area contributed by atoms with Crippen LogP contribution in [0.4, 0.5) is 0 Å². The molecule has 2 heteroatoms. The van der Waals surface area contributed by atoms with Gasteiger partial charge in [-0.3, -0.25) is 4.79 Å². The molecule has 0 radical (unpaired) electrons. The molecule has 0 aliphatic heterocycles. The summed E-state index contributed by atoms with van der Waals surface area (Å²) in [6.45, 7) is 3.77. The Kier molecular flexibility index (Phi) is 3.08. The van der Waals surface area contributed by atoms with E-state index in [2.05, 4.69) is 6.07 Å². The SMILES string of the molecule is CC(C)C(=O)C1(C#N)CCCCC1. The van der Waals surface area contributed by atoms with Crippen LogP contribution in [0.1, 0.15) is 46.0 Å². The molecule has 0 aromatic heterocycles. The van der Waals surface area contributed by atoms with Gasteiger partial charge in [0.2, 0.25) is 0 Å². The Bertz CT molecular complexity index is 231.